The van der Waals surface area contributed by atoms with Gasteiger partial charge in [-0.05, 0) is 18.6 Å². The maximum atomic E-state index is 12.1. The summed E-state index contributed by atoms with van der Waals surface area (Å²) in [6.45, 7) is 4.09. The largest absolute Gasteiger partial charge is 0.466 e. The number of nitrogens with one attached hydrogen (secondary N) is 1. The Morgan fingerprint density at radius 1 is 1.50 bits per heavy atom. The molecule has 1 aromatic heterocycles. The lowest BCUT2D eigenvalue weighted by molar-refractivity contribution is -0.134. The number of aromatic amines is 1. The molecule has 22 heavy (non-hydrogen) atoms. The molecule has 0 bridgehead atoms. The predicted octanol–water partition coefficient (Wildman–Crippen LogP) is 1.26. The monoisotopic (exact) mass is 301 g/mol. The standard InChI is InChI=1S/C16H19N3O3/c1-11-9-19-15-12(5-3-6-13(15)17-16(19)21)10-18(11)8-4-7-14(20)22-2/h3-7,11H,8-10H2,1-2H3,(H,17,21)/b7-4+. The van der Waals surface area contributed by atoms with Crippen LogP contribution in [-0.4, -0.2) is 40.1 Å². The number of nitrogens with zero attached hydrogens (tertiary/aromatic N) is 2. The Labute approximate surface area is 128 Å². The van der Waals surface area contributed by atoms with Crippen LogP contribution >= 0.6 is 0 Å². The molecule has 1 unspecified atom stereocenters. The molecule has 2 heterocycles. The second-order valence-corrected chi connectivity index (χ2v) is 5.56. The van der Waals surface area contributed by atoms with Gasteiger partial charge in [0.15, 0.2) is 0 Å². The average molecular weight is 301 g/mol. The smallest absolute Gasteiger partial charge is 0.330 e. The highest BCUT2D eigenvalue weighted by Gasteiger charge is 2.22. The predicted molar refractivity (Wildman–Crippen MR) is 83.6 cm³/mol. The van der Waals surface area contributed by atoms with E-state index in [9.17, 15) is 9.59 Å². The molecule has 3 rings (SSSR count). The summed E-state index contributed by atoms with van der Waals surface area (Å²) in [7, 11) is 1.36. The fourth-order valence-electron chi connectivity index (χ4n) is 2.95. The first-order valence-electron chi connectivity index (χ1n) is 7.29. The number of imidazole rings is 1. The average Bonchev–Trinajstić information content (AvgIpc) is 2.73. The van der Waals surface area contributed by atoms with Gasteiger partial charge in [0, 0.05) is 31.8 Å². The summed E-state index contributed by atoms with van der Waals surface area (Å²) in [5, 5.41) is 0. The Morgan fingerprint density at radius 3 is 3.09 bits per heavy atom. The molecule has 6 heteroatoms. The van der Waals surface area contributed by atoms with Crippen molar-refractivity contribution < 1.29 is 9.53 Å². The number of H-pyrrole nitrogens is 1. The molecule has 1 aromatic carbocycles. The molecule has 1 N–H and O–H groups in total. The molecule has 0 spiro atoms. The van der Waals surface area contributed by atoms with Gasteiger partial charge in [-0.2, -0.15) is 0 Å². The van der Waals surface area contributed by atoms with Crippen LogP contribution in [0.3, 0.4) is 0 Å². The van der Waals surface area contributed by atoms with Gasteiger partial charge < -0.3 is 9.72 Å². The van der Waals surface area contributed by atoms with Crippen molar-refractivity contribution in [3.8, 4) is 0 Å². The molecular weight excluding hydrogens is 282 g/mol. The summed E-state index contributed by atoms with van der Waals surface area (Å²) in [6.07, 6.45) is 3.23. The molecule has 6 nitrogen and oxygen atoms in total. The van der Waals surface area contributed by atoms with Crippen molar-refractivity contribution in [2.24, 2.45) is 0 Å². The third kappa shape index (κ3) is 2.57. The van der Waals surface area contributed by atoms with Gasteiger partial charge in [-0.1, -0.05) is 18.2 Å². The maximum absolute atomic E-state index is 12.1. The van der Waals surface area contributed by atoms with Crippen molar-refractivity contribution in [2.75, 3.05) is 13.7 Å². The zero-order valence-corrected chi connectivity index (χ0v) is 12.7. The summed E-state index contributed by atoms with van der Waals surface area (Å²) in [5.74, 6) is -0.354. The van der Waals surface area contributed by atoms with Crippen molar-refractivity contribution in [1.82, 2.24) is 14.5 Å². The van der Waals surface area contributed by atoms with Crippen LogP contribution in [-0.2, 0) is 22.6 Å². The molecule has 0 radical (unpaired) electrons. The minimum absolute atomic E-state index is 0.0683. The highest BCUT2D eigenvalue weighted by Crippen LogP contribution is 2.23. The zero-order chi connectivity index (χ0) is 15.7. The molecule has 0 saturated heterocycles. The van der Waals surface area contributed by atoms with Crippen molar-refractivity contribution in [2.45, 2.75) is 26.1 Å². The SMILES string of the molecule is COC(=O)/C=C/CN1Cc2cccc3[nH]c(=O)n(c23)CC1C. The first-order valence-corrected chi connectivity index (χ1v) is 7.29. The number of carbonyl (C=O) groups is 1. The van der Waals surface area contributed by atoms with Crippen molar-refractivity contribution in [3.63, 3.8) is 0 Å². The minimum atomic E-state index is -0.354. The van der Waals surface area contributed by atoms with E-state index < -0.39 is 0 Å². The molecule has 1 aliphatic rings. The van der Waals surface area contributed by atoms with Crippen LogP contribution in [0.1, 0.15) is 12.5 Å². The van der Waals surface area contributed by atoms with E-state index in [0.29, 0.717) is 13.1 Å². The molecule has 1 aliphatic heterocycles. The number of para-hydroxylation sites is 1. The van der Waals surface area contributed by atoms with Crippen LogP contribution in [0.2, 0.25) is 0 Å². The van der Waals surface area contributed by atoms with Crippen molar-refractivity contribution in [3.05, 3.63) is 46.4 Å². The fraction of sp³-hybridized carbons (Fsp3) is 0.375. The van der Waals surface area contributed by atoms with Gasteiger partial charge in [0.25, 0.3) is 0 Å². The van der Waals surface area contributed by atoms with Gasteiger partial charge >= 0.3 is 11.7 Å². The summed E-state index contributed by atoms with van der Waals surface area (Å²) in [5.41, 5.74) is 2.91. The third-order valence-corrected chi connectivity index (χ3v) is 4.11. The topological polar surface area (TPSA) is 67.3 Å². The molecule has 116 valence electrons. The number of rotatable bonds is 3. The first-order chi connectivity index (χ1) is 10.6. The Morgan fingerprint density at radius 2 is 2.32 bits per heavy atom. The van der Waals surface area contributed by atoms with E-state index in [1.54, 1.807) is 10.6 Å². The van der Waals surface area contributed by atoms with E-state index in [1.807, 2.05) is 18.2 Å². The zero-order valence-electron chi connectivity index (χ0n) is 12.7. The van der Waals surface area contributed by atoms with Crippen LogP contribution in [0.4, 0.5) is 0 Å². The van der Waals surface area contributed by atoms with E-state index in [0.717, 1.165) is 23.1 Å². The molecule has 1 atom stereocenters. The van der Waals surface area contributed by atoms with E-state index >= 15 is 0 Å². The van der Waals surface area contributed by atoms with Gasteiger partial charge in [0.2, 0.25) is 0 Å². The minimum Gasteiger partial charge on any atom is -0.466 e. The molecule has 2 aromatic rings. The third-order valence-electron chi connectivity index (χ3n) is 4.11. The van der Waals surface area contributed by atoms with Crippen LogP contribution < -0.4 is 5.69 Å². The van der Waals surface area contributed by atoms with E-state index in [1.165, 1.54) is 13.2 Å². The number of hydrogen-bond donors (Lipinski definition) is 1. The van der Waals surface area contributed by atoms with Gasteiger partial charge in [0.05, 0.1) is 18.1 Å². The quantitative estimate of drug-likeness (QED) is 0.684. The van der Waals surface area contributed by atoms with E-state index in [2.05, 4.69) is 21.5 Å². The van der Waals surface area contributed by atoms with E-state index in [4.69, 9.17) is 0 Å². The van der Waals surface area contributed by atoms with Crippen LogP contribution in [0.15, 0.2) is 35.1 Å². The van der Waals surface area contributed by atoms with Gasteiger partial charge in [-0.15, -0.1) is 0 Å². The second kappa shape index (κ2) is 5.81. The summed E-state index contributed by atoms with van der Waals surface area (Å²) >= 11 is 0. The number of benzene rings is 1. The number of esters is 1. The molecular formula is C16H19N3O3. The Hall–Kier alpha value is -2.34. The highest BCUT2D eigenvalue weighted by molar-refractivity contribution is 5.81. The molecule has 0 aliphatic carbocycles. The highest BCUT2D eigenvalue weighted by atomic mass is 16.5. The van der Waals surface area contributed by atoms with E-state index in [-0.39, 0.29) is 17.7 Å². The Balaban J connectivity index is 1.90. The second-order valence-electron chi connectivity index (χ2n) is 5.56. The maximum Gasteiger partial charge on any atom is 0.330 e. The van der Waals surface area contributed by atoms with Gasteiger partial charge in [-0.3, -0.25) is 9.47 Å². The van der Waals surface area contributed by atoms with Crippen molar-refractivity contribution in [1.29, 1.82) is 0 Å². The molecule has 0 saturated carbocycles. The van der Waals surface area contributed by atoms with Gasteiger partial charge in [-0.25, -0.2) is 9.59 Å². The molecule has 0 amide bonds. The fourth-order valence-corrected chi connectivity index (χ4v) is 2.95. The summed E-state index contributed by atoms with van der Waals surface area (Å²) < 4.78 is 6.40. The molecule has 0 fully saturated rings. The number of carbonyl (C=O) groups excluding carboxylic acids is 1. The number of aromatic nitrogens is 2. The van der Waals surface area contributed by atoms with Crippen molar-refractivity contribution >= 4 is 17.0 Å². The normalized spacial score (nSPS) is 18.7. The van der Waals surface area contributed by atoms with Crippen LogP contribution in [0.25, 0.3) is 11.0 Å². The summed E-state index contributed by atoms with van der Waals surface area (Å²) in [6, 6.07) is 6.11. The Bertz CT molecular complexity index is 788. The summed E-state index contributed by atoms with van der Waals surface area (Å²) in [4.78, 5) is 28.4. The lowest BCUT2D eigenvalue weighted by Gasteiger charge is -2.25. The lowest BCUT2D eigenvalue weighted by atomic mass is 10.1. The lowest BCUT2D eigenvalue weighted by Crippen LogP contribution is -2.36. The van der Waals surface area contributed by atoms with Crippen LogP contribution in [0.5, 0.6) is 0 Å². The van der Waals surface area contributed by atoms with Gasteiger partial charge in [0.1, 0.15) is 0 Å². The Kier molecular flexibility index (Phi) is 3.85. The van der Waals surface area contributed by atoms with Crippen LogP contribution in [0, 0.1) is 0 Å². The first kappa shape index (κ1) is 14.6. The number of hydrogen-bond acceptors (Lipinski definition) is 4. The number of methoxy groups -OCH3 is 1. The number of ether oxygens (including phenoxy) is 1.